The largest absolute Gasteiger partial charge is 0.464 e. The maximum absolute atomic E-state index is 11.8. The molecule has 5 heteroatoms. The molecule has 0 aromatic heterocycles. The van der Waals surface area contributed by atoms with Crippen LogP contribution in [-0.2, 0) is 9.53 Å². The fourth-order valence-electron chi connectivity index (χ4n) is 1.79. The van der Waals surface area contributed by atoms with Gasteiger partial charge in [0, 0.05) is 17.3 Å². The van der Waals surface area contributed by atoms with Crippen molar-refractivity contribution in [3.05, 3.63) is 29.8 Å². The van der Waals surface area contributed by atoms with Crippen molar-refractivity contribution in [2.24, 2.45) is 0 Å². The number of hydrogen-bond acceptors (Lipinski definition) is 4. The minimum absolute atomic E-state index is 0.0440. The average molecular weight is 276 g/mol. The minimum Gasteiger partial charge on any atom is -0.464 e. The van der Waals surface area contributed by atoms with E-state index in [2.05, 4.69) is 10.6 Å². The zero-order valence-electron chi connectivity index (χ0n) is 11.8. The number of amides is 1. The van der Waals surface area contributed by atoms with Gasteiger partial charge in [0.05, 0.1) is 6.61 Å². The Labute approximate surface area is 118 Å². The van der Waals surface area contributed by atoms with Crippen LogP contribution >= 0.6 is 0 Å². The molecule has 1 aliphatic carbocycles. The molecule has 108 valence electrons. The van der Waals surface area contributed by atoms with Gasteiger partial charge in [0.25, 0.3) is 5.91 Å². The Morgan fingerprint density at radius 2 is 1.95 bits per heavy atom. The van der Waals surface area contributed by atoms with Gasteiger partial charge in [0.1, 0.15) is 6.04 Å². The van der Waals surface area contributed by atoms with E-state index in [4.69, 9.17) is 4.74 Å². The van der Waals surface area contributed by atoms with Crippen molar-refractivity contribution in [1.82, 2.24) is 5.32 Å². The molecule has 1 aromatic rings. The van der Waals surface area contributed by atoms with Gasteiger partial charge in [0.15, 0.2) is 0 Å². The van der Waals surface area contributed by atoms with Gasteiger partial charge in [0.2, 0.25) is 0 Å². The molecule has 1 aliphatic rings. The van der Waals surface area contributed by atoms with Crippen molar-refractivity contribution in [1.29, 1.82) is 0 Å². The first-order valence-corrected chi connectivity index (χ1v) is 6.94. The number of carbonyl (C=O) groups is 2. The van der Waals surface area contributed by atoms with Crippen LogP contribution < -0.4 is 10.6 Å². The second-order valence-corrected chi connectivity index (χ2v) is 4.94. The van der Waals surface area contributed by atoms with E-state index in [1.165, 1.54) is 0 Å². The molecule has 2 rings (SSSR count). The summed E-state index contributed by atoms with van der Waals surface area (Å²) < 4.78 is 4.92. The van der Waals surface area contributed by atoms with E-state index < -0.39 is 6.04 Å². The Morgan fingerprint density at radius 3 is 2.50 bits per heavy atom. The summed E-state index contributed by atoms with van der Waals surface area (Å²) >= 11 is 0. The van der Waals surface area contributed by atoms with Crippen LogP contribution in [0.3, 0.4) is 0 Å². The van der Waals surface area contributed by atoms with E-state index in [1.807, 2.05) is 0 Å². The van der Waals surface area contributed by atoms with E-state index >= 15 is 0 Å². The number of hydrogen-bond donors (Lipinski definition) is 2. The van der Waals surface area contributed by atoms with Gasteiger partial charge in [-0.3, -0.25) is 4.79 Å². The van der Waals surface area contributed by atoms with E-state index in [1.54, 1.807) is 38.1 Å². The lowest BCUT2D eigenvalue weighted by Crippen LogP contribution is -2.28. The fraction of sp³-hybridized carbons (Fsp3) is 0.467. The molecule has 20 heavy (non-hydrogen) atoms. The second-order valence-electron chi connectivity index (χ2n) is 4.94. The Morgan fingerprint density at radius 1 is 1.30 bits per heavy atom. The van der Waals surface area contributed by atoms with Crippen molar-refractivity contribution in [2.45, 2.75) is 38.8 Å². The van der Waals surface area contributed by atoms with Crippen LogP contribution in [-0.4, -0.2) is 30.6 Å². The van der Waals surface area contributed by atoms with Crippen LogP contribution in [0.15, 0.2) is 24.3 Å². The topological polar surface area (TPSA) is 67.4 Å². The van der Waals surface area contributed by atoms with Crippen molar-refractivity contribution in [3.63, 3.8) is 0 Å². The highest BCUT2D eigenvalue weighted by Gasteiger charge is 2.23. The third kappa shape index (κ3) is 3.98. The van der Waals surface area contributed by atoms with Crippen LogP contribution in [0.4, 0.5) is 5.69 Å². The molecule has 1 fully saturated rings. The molecule has 1 saturated carbocycles. The molecule has 0 saturated heterocycles. The zero-order valence-corrected chi connectivity index (χ0v) is 11.8. The number of nitrogens with one attached hydrogen (secondary N) is 2. The minimum atomic E-state index is -0.416. The smallest absolute Gasteiger partial charge is 0.328 e. The van der Waals surface area contributed by atoms with Gasteiger partial charge in [-0.2, -0.15) is 0 Å². The van der Waals surface area contributed by atoms with Crippen LogP contribution in [0.1, 0.15) is 37.0 Å². The Bertz CT molecular complexity index is 480. The van der Waals surface area contributed by atoms with Gasteiger partial charge in [-0.05, 0) is 51.0 Å². The number of anilines is 1. The van der Waals surface area contributed by atoms with Gasteiger partial charge in [-0.15, -0.1) is 0 Å². The summed E-state index contributed by atoms with van der Waals surface area (Å²) in [7, 11) is 0. The monoisotopic (exact) mass is 276 g/mol. The highest BCUT2D eigenvalue weighted by molar-refractivity contribution is 5.95. The van der Waals surface area contributed by atoms with Crippen LogP contribution in [0.2, 0.25) is 0 Å². The van der Waals surface area contributed by atoms with E-state index in [9.17, 15) is 9.59 Å². The average Bonchev–Trinajstić information content (AvgIpc) is 3.23. The van der Waals surface area contributed by atoms with Gasteiger partial charge >= 0.3 is 5.97 Å². The maximum Gasteiger partial charge on any atom is 0.328 e. The number of carbonyl (C=O) groups excluding carboxylic acids is 2. The Hall–Kier alpha value is -2.04. The number of esters is 1. The SMILES string of the molecule is CCOC(=O)C(C)Nc1ccc(C(=O)NC2CC2)cc1. The molecule has 0 aliphatic heterocycles. The van der Waals surface area contributed by atoms with Crippen molar-refractivity contribution >= 4 is 17.6 Å². The number of rotatable bonds is 6. The third-order valence-electron chi connectivity index (χ3n) is 3.08. The van der Waals surface area contributed by atoms with Crippen molar-refractivity contribution in [2.75, 3.05) is 11.9 Å². The molecule has 0 spiro atoms. The summed E-state index contributed by atoms with van der Waals surface area (Å²) in [4.78, 5) is 23.3. The van der Waals surface area contributed by atoms with Crippen LogP contribution in [0.5, 0.6) is 0 Å². The van der Waals surface area contributed by atoms with Crippen LogP contribution in [0, 0.1) is 0 Å². The molecule has 5 nitrogen and oxygen atoms in total. The highest BCUT2D eigenvalue weighted by atomic mass is 16.5. The van der Waals surface area contributed by atoms with Gasteiger partial charge in [-0.25, -0.2) is 4.79 Å². The molecule has 0 bridgehead atoms. The summed E-state index contributed by atoms with van der Waals surface area (Å²) in [6, 6.07) is 7.01. The first-order valence-electron chi connectivity index (χ1n) is 6.94. The van der Waals surface area contributed by atoms with E-state index in [-0.39, 0.29) is 11.9 Å². The first-order chi connectivity index (χ1) is 9.60. The molecular formula is C15H20N2O3. The molecule has 0 radical (unpaired) electrons. The molecule has 0 heterocycles. The van der Waals surface area contributed by atoms with Gasteiger partial charge in [-0.1, -0.05) is 0 Å². The number of ether oxygens (including phenoxy) is 1. The maximum atomic E-state index is 11.8. The highest BCUT2D eigenvalue weighted by Crippen LogP contribution is 2.19. The molecule has 1 aromatic carbocycles. The van der Waals surface area contributed by atoms with E-state index in [0.29, 0.717) is 18.2 Å². The first kappa shape index (κ1) is 14.4. The standard InChI is InChI=1S/C15H20N2O3/c1-3-20-15(19)10(2)16-12-6-4-11(5-7-12)14(18)17-13-8-9-13/h4-7,10,13,16H,3,8-9H2,1-2H3,(H,17,18). The molecule has 1 atom stereocenters. The lowest BCUT2D eigenvalue weighted by atomic mass is 10.2. The zero-order chi connectivity index (χ0) is 14.5. The third-order valence-corrected chi connectivity index (χ3v) is 3.08. The number of benzene rings is 1. The summed E-state index contributed by atoms with van der Waals surface area (Å²) in [5.74, 6) is -0.333. The summed E-state index contributed by atoms with van der Waals surface area (Å²) in [6.45, 7) is 3.88. The lowest BCUT2D eigenvalue weighted by molar-refractivity contribution is -0.143. The van der Waals surface area contributed by atoms with Crippen LogP contribution in [0.25, 0.3) is 0 Å². The fourth-order valence-corrected chi connectivity index (χ4v) is 1.79. The summed E-state index contributed by atoms with van der Waals surface area (Å²) in [5.41, 5.74) is 1.42. The van der Waals surface area contributed by atoms with Crippen molar-refractivity contribution in [3.8, 4) is 0 Å². The Kier molecular flexibility index (Phi) is 4.61. The quantitative estimate of drug-likeness (QED) is 0.779. The molecule has 1 amide bonds. The predicted octanol–water partition coefficient (Wildman–Crippen LogP) is 1.94. The van der Waals surface area contributed by atoms with E-state index in [0.717, 1.165) is 18.5 Å². The second kappa shape index (κ2) is 6.41. The molecule has 1 unspecified atom stereocenters. The Balaban J connectivity index is 1.90. The molecule has 2 N–H and O–H groups in total. The summed E-state index contributed by atoms with van der Waals surface area (Å²) in [6.07, 6.45) is 2.14. The predicted molar refractivity (Wildman–Crippen MR) is 76.6 cm³/mol. The molecular weight excluding hydrogens is 256 g/mol. The van der Waals surface area contributed by atoms with Crippen molar-refractivity contribution < 1.29 is 14.3 Å². The normalized spacial score (nSPS) is 15.3. The summed E-state index contributed by atoms with van der Waals surface area (Å²) in [5, 5.41) is 5.97. The lowest BCUT2D eigenvalue weighted by Gasteiger charge is -2.14. The van der Waals surface area contributed by atoms with Gasteiger partial charge < -0.3 is 15.4 Å².